The summed E-state index contributed by atoms with van der Waals surface area (Å²) < 4.78 is 0. The van der Waals surface area contributed by atoms with Crippen LogP contribution in [0.5, 0.6) is 0 Å². The van der Waals surface area contributed by atoms with Crippen LogP contribution in [0.15, 0.2) is 11.1 Å². The Bertz CT molecular complexity index is 511. The number of ketones is 1. The molecule has 0 fully saturated rings. The van der Waals surface area contributed by atoms with Crippen LogP contribution in [0.4, 0.5) is 0 Å². The molecule has 0 aliphatic rings. The Morgan fingerprint density at radius 3 is 0.897 bits per heavy atom. The lowest BCUT2D eigenvalue weighted by molar-refractivity contribution is -0.115. The van der Waals surface area contributed by atoms with Crippen molar-refractivity contribution in [2.24, 2.45) is 0 Å². The maximum absolute atomic E-state index is 13.6. The molecule has 0 heterocycles. The highest BCUT2D eigenvalue weighted by Gasteiger charge is 2.15. The van der Waals surface area contributed by atoms with Gasteiger partial charge in [-0.2, -0.15) is 0 Å². The van der Waals surface area contributed by atoms with Gasteiger partial charge in [0.05, 0.1) is 0 Å². The fourth-order valence-electron chi connectivity index (χ4n) is 6.01. The van der Waals surface area contributed by atoms with Gasteiger partial charge in [-0.3, -0.25) is 4.79 Å². The number of hydrogen-bond acceptors (Lipinski definition) is 1. The minimum atomic E-state index is 0.526. The van der Waals surface area contributed by atoms with E-state index in [2.05, 4.69) is 27.7 Å². The predicted octanol–water partition coefficient (Wildman–Crippen LogP) is 14.0. The van der Waals surface area contributed by atoms with E-state index in [1.807, 2.05) is 0 Å². The van der Waals surface area contributed by atoms with Crippen molar-refractivity contribution in [3.8, 4) is 0 Å². The molecule has 0 aromatic heterocycles. The van der Waals surface area contributed by atoms with Gasteiger partial charge >= 0.3 is 0 Å². The van der Waals surface area contributed by atoms with Gasteiger partial charge in [0.1, 0.15) is 0 Å². The highest BCUT2D eigenvalue weighted by molar-refractivity contribution is 5.96. The minimum absolute atomic E-state index is 0.526. The van der Waals surface area contributed by atoms with Crippen LogP contribution in [0.2, 0.25) is 0 Å². The number of carbonyl (C=O) groups excluding carboxylic acids is 1. The molecule has 0 spiro atoms. The van der Waals surface area contributed by atoms with Crippen LogP contribution in [0.3, 0.4) is 0 Å². The largest absolute Gasteiger partial charge is 0.295 e. The topological polar surface area (TPSA) is 17.1 Å². The number of hydrogen-bond donors (Lipinski definition) is 0. The van der Waals surface area contributed by atoms with Gasteiger partial charge in [0.2, 0.25) is 0 Å². The van der Waals surface area contributed by atoms with Gasteiger partial charge in [-0.05, 0) is 50.5 Å². The summed E-state index contributed by atoms with van der Waals surface area (Å²) in [6.07, 6.45) is 40.3. The van der Waals surface area contributed by atoms with Crippen LogP contribution in [-0.4, -0.2) is 5.78 Å². The summed E-state index contributed by atoms with van der Waals surface area (Å²) in [5, 5.41) is 0. The van der Waals surface area contributed by atoms with E-state index in [4.69, 9.17) is 0 Å². The molecule has 0 radical (unpaired) electrons. The van der Waals surface area contributed by atoms with E-state index in [1.165, 1.54) is 185 Å². The fraction of sp³-hybridized carbons (Fsp3) is 0.921. The molecular formula is C38H74O. The molecule has 1 heteroatoms. The Morgan fingerprint density at radius 1 is 0.308 bits per heavy atom. The van der Waals surface area contributed by atoms with Crippen molar-refractivity contribution in [1.29, 1.82) is 0 Å². The lowest BCUT2D eigenvalue weighted by Gasteiger charge is -2.16. The van der Waals surface area contributed by atoms with E-state index in [0.717, 1.165) is 19.3 Å². The number of Topliss-reactive ketones (excluding diaryl/α,β-unsaturated/α-hetero) is 1. The molecule has 0 atom stereocenters. The summed E-state index contributed by atoms with van der Waals surface area (Å²) in [6.45, 7) is 9.18. The quantitative estimate of drug-likeness (QED) is 0.0605. The molecule has 0 bridgehead atoms. The molecule has 0 aliphatic carbocycles. The number of allylic oxidation sites excluding steroid dienone is 2. The van der Waals surface area contributed by atoms with Crippen LogP contribution in [0.25, 0.3) is 0 Å². The van der Waals surface area contributed by atoms with Crippen LogP contribution in [0.1, 0.15) is 227 Å². The van der Waals surface area contributed by atoms with Gasteiger partial charge in [-0.1, -0.05) is 181 Å². The van der Waals surface area contributed by atoms with E-state index in [-0.39, 0.29) is 0 Å². The SMILES string of the molecule is CCCCCCCCCC(=O)C(CCCCCCCC)=C(CCCCCCCCC)CCCCCCCCC. The highest BCUT2D eigenvalue weighted by Crippen LogP contribution is 2.27. The second-order valence-electron chi connectivity index (χ2n) is 12.6. The first kappa shape index (κ1) is 38.4. The fourth-order valence-corrected chi connectivity index (χ4v) is 6.01. The van der Waals surface area contributed by atoms with Gasteiger partial charge in [-0.15, -0.1) is 0 Å². The van der Waals surface area contributed by atoms with Crippen LogP contribution < -0.4 is 0 Å². The van der Waals surface area contributed by atoms with Crippen molar-refractivity contribution in [1.82, 2.24) is 0 Å². The lowest BCUT2D eigenvalue weighted by atomic mass is 9.88. The van der Waals surface area contributed by atoms with Crippen LogP contribution in [-0.2, 0) is 4.79 Å². The first-order valence-electron chi connectivity index (χ1n) is 18.4. The van der Waals surface area contributed by atoms with Crippen molar-refractivity contribution < 1.29 is 4.79 Å². The Labute approximate surface area is 248 Å². The van der Waals surface area contributed by atoms with Gasteiger partial charge in [-0.25, -0.2) is 0 Å². The minimum Gasteiger partial charge on any atom is -0.295 e. The lowest BCUT2D eigenvalue weighted by Crippen LogP contribution is -2.08. The first-order chi connectivity index (χ1) is 19.2. The molecule has 0 rings (SSSR count). The third kappa shape index (κ3) is 26.1. The van der Waals surface area contributed by atoms with E-state index in [1.54, 1.807) is 5.57 Å². The molecule has 0 N–H and O–H groups in total. The molecular weight excluding hydrogens is 472 g/mol. The predicted molar refractivity (Wildman–Crippen MR) is 178 cm³/mol. The van der Waals surface area contributed by atoms with Crippen LogP contribution >= 0.6 is 0 Å². The first-order valence-corrected chi connectivity index (χ1v) is 18.4. The third-order valence-corrected chi connectivity index (χ3v) is 8.72. The maximum atomic E-state index is 13.6. The Hall–Kier alpha value is -0.590. The zero-order valence-corrected chi connectivity index (χ0v) is 27.8. The van der Waals surface area contributed by atoms with E-state index in [9.17, 15) is 4.79 Å². The van der Waals surface area contributed by atoms with Crippen molar-refractivity contribution >= 4 is 5.78 Å². The zero-order chi connectivity index (χ0) is 28.7. The number of unbranched alkanes of at least 4 members (excludes halogenated alkanes) is 23. The van der Waals surface area contributed by atoms with E-state index in [0.29, 0.717) is 5.78 Å². The average Bonchev–Trinajstić information content (AvgIpc) is 2.94. The Kier molecular flexibility index (Phi) is 31.4. The standard InChI is InChI=1S/C38H74O/c1-5-9-13-17-21-24-28-32-36(33-29-25-22-18-14-10-6-2)37(34-30-26-20-16-12-8-4)38(39)35-31-27-23-19-15-11-7-3/h5-35H2,1-4H3. The van der Waals surface area contributed by atoms with E-state index < -0.39 is 0 Å². The van der Waals surface area contributed by atoms with Crippen molar-refractivity contribution in [3.63, 3.8) is 0 Å². The summed E-state index contributed by atoms with van der Waals surface area (Å²) in [6, 6.07) is 0. The summed E-state index contributed by atoms with van der Waals surface area (Å²) in [4.78, 5) is 13.6. The maximum Gasteiger partial charge on any atom is 0.158 e. The molecule has 0 unspecified atom stereocenters. The smallest absolute Gasteiger partial charge is 0.158 e. The van der Waals surface area contributed by atoms with Gasteiger partial charge in [0.15, 0.2) is 5.78 Å². The van der Waals surface area contributed by atoms with Gasteiger partial charge in [0, 0.05) is 6.42 Å². The van der Waals surface area contributed by atoms with Gasteiger partial charge < -0.3 is 0 Å². The molecule has 0 aromatic rings. The molecule has 0 saturated heterocycles. The molecule has 39 heavy (non-hydrogen) atoms. The zero-order valence-electron chi connectivity index (χ0n) is 27.8. The number of rotatable bonds is 32. The Balaban J connectivity index is 5.08. The van der Waals surface area contributed by atoms with E-state index >= 15 is 0 Å². The highest BCUT2D eigenvalue weighted by atomic mass is 16.1. The summed E-state index contributed by atoms with van der Waals surface area (Å²) in [5.41, 5.74) is 2.88. The molecule has 0 aliphatic heterocycles. The second-order valence-corrected chi connectivity index (χ2v) is 12.6. The molecule has 0 aromatic carbocycles. The molecule has 1 nitrogen and oxygen atoms in total. The molecule has 232 valence electrons. The molecule has 0 amide bonds. The third-order valence-electron chi connectivity index (χ3n) is 8.72. The summed E-state index contributed by atoms with van der Waals surface area (Å²) in [7, 11) is 0. The normalized spacial score (nSPS) is 11.3. The Morgan fingerprint density at radius 2 is 0.564 bits per heavy atom. The number of carbonyl (C=O) groups is 1. The monoisotopic (exact) mass is 547 g/mol. The van der Waals surface area contributed by atoms with Crippen LogP contribution in [0, 0.1) is 0 Å². The molecule has 0 saturated carbocycles. The van der Waals surface area contributed by atoms with Crippen molar-refractivity contribution in [2.75, 3.05) is 0 Å². The van der Waals surface area contributed by atoms with Crippen molar-refractivity contribution in [2.45, 2.75) is 227 Å². The average molecular weight is 547 g/mol. The summed E-state index contributed by atoms with van der Waals surface area (Å²) in [5.74, 6) is 0.526. The van der Waals surface area contributed by atoms with Gasteiger partial charge in [0.25, 0.3) is 0 Å². The second kappa shape index (κ2) is 31.9. The van der Waals surface area contributed by atoms with Crippen molar-refractivity contribution in [3.05, 3.63) is 11.1 Å². The summed E-state index contributed by atoms with van der Waals surface area (Å²) >= 11 is 0.